The van der Waals surface area contributed by atoms with Gasteiger partial charge in [-0.3, -0.25) is 5.32 Å². The van der Waals surface area contributed by atoms with Crippen LogP contribution in [0.4, 0.5) is 10.5 Å². The largest absolute Gasteiger partial charge is 0.444 e. The highest BCUT2D eigenvalue weighted by atomic mass is 32.1. The maximum absolute atomic E-state index is 11.8. The summed E-state index contributed by atoms with van der Waals surface area (Å²) in [5.74, 6) is 0.403. The van der Waals surface area contributed by atoms with Gasteiger partial charge in [0.15, 0.2) is 0 Å². The molecule has 1 aromatic rings. The average molecular weight is 269 g/mol. The van der Waals surface area contributed by atoms with Gasteiger partial charge in [0.25, 0.3) is 0 Å². The van der Waals surface area contributed by atoms with Crippen molar-refractivity contribution in [2.75, 3.05) is 5.32 Å². The summed E-state index contributed by atoms with van der Waals surface area (Å²) in [5.41, 5.74) is 0.423. The van der Waals surface area contributed by atoms with Crippen molar-refractivity contribution in [3.8, 4) is 0 Å². The summed E-state index contributed by atoms with van der Waals surface area (Å²) in [7, 11) is 0. The van der Waals surface area contributed by atoms with Gasteiger partial charge >= 0.3 is 6.09 Å². The minimum atomic E-state index is -0.467. The summed E-state index contributed by atoms with van der Waals surface area (Å²) < 4.78 is 5.27. The van der Waals surface area contributed by atoms with E-state index in [4.69, 9.17) is 4.74 Å². The zero-order valence-electron chi connectivity index (χ0n) is 12.1. The number of thiophene rings is 1. The Morgan fingerprint density at radius 1 is 1.44 bits per heavy atom. The molecule has 18 heavy (non-hydrogen) atoms. The number of anilines is 1. The summed E-state index contributed by atoms with van der Waals surface area (Å²) in [5, 5.41) is 2.85. The minimum Gasteiger partial charge on any atom is -0.444 e. The fourth-order valence-corrected chi connectivity index (χ4v) is 2.63. The molecule has 0 radical (unpaired) electrons. The number of hydrogen-bond acceptors (Lipinski definition) is 3. The Morgan fingerprint density at radius 3 is 2.50 bits per heavy atom. The minimum absolute atomic E-state index is 0.384. The third-order valence-electron chi connectivity index (χ3n) is 2.32. The van der Waals surface area contributed by atoms with Crippen LogP contribution in [0.3, 0.4) is 0 Å². The molecule has 0 unspecified atom stereocenters. The number of ether oxygens (including phenoxy) is 1. The van der Waals surface area contributed by atoms with E-state index in [9.17, 15) is 4.79 Å². The molecule has 1 heterocycles. The van der Waals surface area contributed by atoms with E-state index < -0.39 is 5.60 Å². The van der Waals surface area contributed by atoms with Gasteiger partial charge in [-0.1, -0.05) is 20.8 Å². The molecular weight excluding hydrogens is 246 g/mol. The molecule has 0 atom stereocenters. The maximum Gasteiger partial charge on any atom is 0.412 e. The van der Waals surface area contributed by atoms with E-state index in [0.717, 1.165) is 12.1 Å². The first-order valence-corrected chi connectivity index (χ1v) is 7.17. The molecule has 0 aliphatic rings. The van der Waals surface area contributed by atoms with E-state index in [2.05, 4.69) is 26.1 Å². The van der Waals surface area contributed by atoms with E-state index >= 15 is 0 Å². The van der Waals surface area contributed by atoms with E-state index in [-0.39, 0.29) is 6.09 Å². The highest BCUT2D eigenvalue weighted by molar-refractivity contribution is 7.12. The first-order valence-electron chi connectivity index (χ1n) is 6.35. The molecule has 0 saturated heterocycles. The van der Waals surface area contributed by atoms with Gasteiger partial charge in [-0.05, 0) is 39.2 Å². The van der Waals surface area contributed by atoms with Gasteiger partial charge in [0.2, 0.25) is 0 Å². The summed E-state index contributed by atoms with van der Waals surface area (Å²) in [6, 6.07) is 2.05. The monoisotopic (exact) mass is 269 g/mol. The van der Waals surface area contributed by atoms with Crippen molar-refractivity contribution in [3.05, 3.63) is 15.8 Å². The molecule has 1 aromatic heterocycles. The first-order chi connectivity index (χ1) is 8.23. The maximum atomic E-state index is 11.8. The fourth-order valence-electron chi connectivity index (χ4n) is 1.57. The van der Waals surface area contributed by atoms with Crippen LogP contribution < -0.4 is 5.32 Å². The number of hydrogen-bond donors (Lipinski definition) is 1. The van der Waals surface area contributed by atoms with Gasteiger partial charge in [-0.15, -0.1) is 11.3 Å². The molecular formula is C14H23NO2S. The fraction of sp³-hybridized carbons (Fsp3) is 0.643. The number of carbonyl (C=O) groups excluding carboxylic acids is 1. The molecule has 3 nitrogen and oxygen atoms in total. The van der Waals surface area contributed by atoms with Crippen molar-refractivity contribution < 1.29 is 9.53 Å². The van der Waals surface area contributed by atoms with Gasteiger partial charge < -0.3 is 4.74 Å². The number of nitrogens with one attached hydrogen (secondary N) is 1. The van der Waals surface area contributed by atoms with Crippen LogP contribution in [0.1, 0.15) is 57.2 Å². The number of amides is 1. The second-order valence-electron chi connectivity index (χ2n) is 5.63. The van der Waals surface area contributed by atoms with Gasteiger partial charge in [0.05, 0.1) is 5.69 Å². The molecule has 0 saturated carbocycles. The molecule has 102 valence electrons. The second kappa shape index (κ2) is 5.74. The molecule has 0 aliphatic carbocycles. The van der Waals surface area contributed by atoms with Crippen LogP contribution in [0.25, 0.3) is 0 Å². The second-order valence-corrected chi connectivity index (χ2v) is 6.79. The molecule has 0 fully saturated rings. The van der Waals surface area contributed by atoms with Crippen molar-refractivity contribution in [2.45, 2.75) is 59.5 Å². The van der Waals surface area contributed by atoms with Gasteiger partial charge in [-0.2, -0.15) is 0 Å². The Bertz CT molecular complexity index is 416. The summed E-state index contributed by atoms with van der Waals surface area (Å²) in [6.45, 7) is 12.0. The lowest BCUT2D eigenvalue weighted by Crippen LogP contribution is -2.27. The molecule has 1 N–H and O–H groups in total. The van der Waals surface area contributed by atoms with Crippen molar-refractivity contribution >= 4 is 23.1 Å². The van der Waals surface area contributed by atoms with Crippen molar-refractivity contribution in [1.82, 2.24) is 0 Å². The van der Waals surface area contributed by atoms with Crippen LogP contribution in [0.5, 0.6) is 0 Å². The first kappa shape index (κ1) is 15.0. The van der Waals surface area contributed by atoms with Crippen LogP contribution in [0.2, 0.25) is 0 Å². The molecule has 0 aromatic carbocycles. The Kier molecular flexibility index (Phi) is 4.79. The van der Waals surface area contributed by atoms with E-state index in [1.54, 1.807) is 11.3 Å². The highest BCUT2D eigenvalue weighted by Gasteiger charge is 2.19. The molecule has 4 heteroatoms. The quantitative estimate of drug-likeness (QED) is 0.857. The van der Waals surface area contributed by atoms with Crippen LogP contribution in [0.15, 0.2) is 6.07 Å². The Hall–Kier alpha value is -1.03. The highest BCUT2D eigenvalue weighted by Crippen LogP contribution is 2.34. The van der Waals surface area contributed by atoms with E-state index in [1.807, 2.05) is 26.8 Å². The summed E-state index contributed by atoms with van der Waals surface area (Å²) in [4.78, 5) is 14.3. The van der Waals surface area contributed by atoms with Crippen LogP contribution >= 0.6 is 11.3 Å². The number of rotatable bonds is 3. The van der Waals surface area contributed by atoms with Gasteiger partial charge in [0.1, 0.15) is 5.60 Å². The lowest BCUT2D eigenvalue weighted by Gasteiger charge is -2.20. The summed E-state index contributed by atoms with van der Waals surface area (Å²) in [6.07, 6.45) is 0.602. The van der Waals surface area contributed by atoms with Gasteiger partial charge in [0, 0.05) is 9.75 Å². The van der Waals surface area contributed by atoms with Crippen molar-refractivity contribution in [1.29, 1.82) is 0 Å². The molecule has 1 rings (SSSR count). The zero-order valence-corrected chi connectivity index (χ0v) is 12.9. The molecule has 0 spiro atoms. The van der Waals surface area contributed by atoms with Crippen LogP contribution in [-0.2, 0) is 11.2 Å². The lowest BCUT2D eigenvalue weighted by molar-refractivity contribution is 0.0636. The molecule has 1 amide bonds. The third-order valence-corrected chi connectivity index (χ3v) is 3.90. The lowest BCUT2D eigenvalue weighted by atomic mass is 10.1. The topological polar surface area (TPSA) is 38.3 Å². The summed E-state index contributed by atoms with van der Waals surface area (Å²) >= 11 is 1.76. The van der Waals surface area contributed by atoms with Crippen LogP contribution in [-0.4, -0.2) is 11.7 Å². The van der Waals surface area contributed by atoms with Gasteiger partial charge in [-0.25, -0.2) is 4.79 Å². The standard InChI is InChI=1S/C14H23NO2S/c1-7-10-8-11(12(18-10)9(2)3)15-13(16)17-14(4,5)6/h8-9H,7H2,1-6H3,(H,15,16). The average Bonchev–Trinajstić information content (AvgIpc) is 2.57. The predicted molar refractivity (Wildman–Crippen MR) is 77.6 cm³/mol. The molecule has 0 bridgehead atoms. The number of carbonyl (C=O) groups is 1. The van der Waals surface area contributed by atoms with E-state index in [1.165, 1.54) is 9.75 Å². The third kappa shape index (κ3) is 4.33. The normalized spacial score (nSPS) is 11.7. The number of aryl methyl sites for hydroxylation is 1. The predicted octanol–water partition coefficient (Wildman–Crippen LogP) is 4.78. The van der Waals surface area contributed by atoms with Crippen molar-refractivity contribution in [2.24, 2.45) is 0 Å². The van der Waals surface area contributed by atoms with Crippen molar-refractivity contribution in [3.63, 3.8) is 0 Å². The Labute approximate surface area is 114 Å². The zero-order chi connectivity index (χ0) is 13.9. The Morgan fingerprint density at radius 2 is 2.06 bits per heavy atom. The SMILES string of the molecule is CCc1cc(NC(=O)OC(C)(C)C)c(C(C)C)s1. The van der Waals surface area contributed by atoms with E-state index in [0.29, 0.717) is 5.92 Å². The smallest absolute Gasteiger partial charge is 0.412 e. The molecule has 0 aliphatic heterocycles. The van der Waals surface area contributed by atoms with Crippen LogP contribution in [0, 0.1) is 0 Å². The Balaban J connectivity index is 2.83.